The smallest absolute Gasteiger partial charge is 0.141 e. The van der Waals surface area contributed by atoms with Gasteiger partial charge in [-0.25, -0.2) is 0 Å². The highest BCUT2D eigenvalue weighted by Gasteiger charge is 2.32. The average Bonchev–Trinajstić information content (AvgIpc) is 2.53. The van der Waals surface area contributed by atoms with Crippen LogP contribution < -0.4 is 0 Å². The lowest BCUT2D eigenvalue weighted by Crippen LogP contribution is -2.54. The van der Waals surface area contributed by atoms with Crippen LogP contribution in [0, 0.1) is 12.3 Å². The third-order valence-corrected chi connectivity index (χ3v) is 6.69. The fraction of sp³-hybridized carbons (Fsp3) is 0.905. The average molecular weight is 434 g/mol. The van der Waals surface area contributed by atoms with Gasteiger partial charge in [-0.15, -0.1) is 6.42 Å². The summed E-state index contributed by atoms with van der Waals surface area (Å²) in [5.74, 6) is 2.96. The maximum atomic E-state index is 5.69. The molecule has 0 radical (unpaired) electrons. The molecule has 0 N–H and O–H groups in total. The van der Waals surface area contributed by atoms with Gasteiger partial charge in [0.15, 0.2) is 0 Å². The van der Waals surface area contributed by atoms with E-state index in [-0.39, 0.29) is 0 Å². The van der Waals surface area contributed by atoms with Gasteiger partial charge in [-0.3, -0.25) is 0 Å². The Morgan fingerprint density at radius 2 is 1.26 bits per heavy atom. The molecule has 0 aromatic carbocycles. The number of halogens is 1. The number of nitrogens with zero attached hydrogens (tertiary/aromatic N) is 1. The Bertz CT molecular complexity index is 289. The summed E-state index contributed by atoms with van der Waals surface area (Å²) in [5, 5.41) is 0. The van der Waals surface area contributed by atoms with Gasteiger partial charge < -0.3 is 4.48 Å². The minimum absolute atomic E-state index is 0.688. The van der Waals surface area contributed by atoms with Crippen molar-refractivity contribution < 1.29 is 4.48 Å². The van der Waals surface area contributed by atoms with Crippen LogP contribution in [0.1, 0.15) is 97.8 Å². The Morgan fingerprint density at radius 3 is 1.70 bits per heavy atom. The lowest BCUT2D eigenvalue weighted by atomic mass is 10.1. The molecule has 0 aromatic heterocycles. The van der Waals surface area contributed by atoms with Gasteiger partial charge in [-0.2, -0.15) is 0 Å². The zero-order valence-corrected chi connectivity index (χ0v) is 18.2. The number of hydrogen-bond acceptors (Lipinski definition) is 0. The maximum absolute atomic E-state index is 5.69. The molecule has 0 aliphatic carbocycles. The van der Waals surface area contributed by atoms with Crippen LogP contribution >= 0.6 is 22.6 Å². The van der Waals surface area contributed by atoms with Crippen molar-refractivity contribution in [1.29, 1.82) is 0 Å². The monoisotopic (exact) mass is 434 g/mol. The van der Waals surface area contributed by atoms with Crippen LogP contribution in [0.4, 0.5) is 0 Å². The number of rotatable bonds is 16. The predicted octanol–water partition coefficient (Wildman–Crippen LogP) is 6.94. The molecule has 0 rings (SSSR count). The summed E-state index contributed by atoms with van der Waals surface area (Å²) in [5.41, 5.74) is 0. The van der Waals surface area contributed by atoms with E-state index >= 15 is 0 Å². The Kier molecular flexibility index (Phi) is 15.9. The van der Waals surface area contributed by atoms with Gasteiger partial charge in [0.2, 0.25) is 0 Å². The first-order chi connectivity index (χ1) is 11.2. The van der Waals surface area contributed by atoms with Crippen molar-refractivity contribution in [2.24, 2.45) is 0 Å². The minimum Gasteiger partial charge on any atom is -0.303 e. The highest BCUT2D eigenvalue weighted by Crippen LogP contribution is 2.26. The molecular weight excluding hydrogens is 393 g/mol. The number of terminal acetylenes is 1. The Hall–Kier alpha value is 0.250. The normalized spacial score (nSPS) is 13.0. The topological polar surface area (TPSA) is 0 Å². The second-order valence-electron chi connectivity index (χ2n) is 7.08. The van der Waals surface area contributed by atoms with Crippen molar-refractivity contribution in [2.75, 3.05) is 19.6 Å². The molecule has 1 atom stereocenters. The molecule has 0 spiro atoms. The summed E-state index contributed by atoms with van der Waals surface area (Å²) in [6.45, 7) is 10.3. The van der Waals surface area contributed by atoms with Crippen molar-refractivity contribution in [3.63, 3.8) is 0 Å². The molecular formula is C21H41IN+. The van der Waals surface area contributed by atoms with Crippen LogP contribution in [0.25, 0.3) is 0 Å². The third kappa shape index (κ3) is 10.7. The standard InChI is InChI=1S/C21H41IN/c1-5-9-10-11-12-13-14-15-16-17-21(22)23(18-6-2,19-7-3)20-8-4/h2,21H,5,7-20H2,1,3-4H3/q+1. The van der Waals surface area contributed by atoms with E-state index in [1.54, 1.807) is 0 Å². The first-order valence-electron chi connectivity index (χ1n) is 10.1. The third-order valence-electron chi connectivity index (χ3n) is 4.88. The fourth-order valence-electron chi connectivity index (χ4n) is 3.62. The van der Waals surface area contributed by atoms with E-state index in [9.17, 15) is 0 Å². The molecule has 1 unspecified atom stereocenters. The van der Waals surface area contributed by atoms with Crippen molar-refractivity contribution in [3.05, 3.63) is 0 Å². The number of hydrogen-bond donors (Lipinski definition) is 0. The van der Waals surface area contributed by atoms with E-state index in [4.69, 9.17) is 6.42 Å². The Morgan fingerprint density at radius 1 is 0.783 bits per heavy atom. The van der Waals surface area contributed by atoms with Crippen LogP contribution in [0.2, 0.25) is 0 Å². The van der Waals surface area contributed by atoms with E-state index in [1.807, 2.05) is 0 Å². The molecule has 2 heteroatoms. The molecule has 0 aliphatic heterocycles. The lowest BCUT2D eigenvalue weighted by molar-refractivity contribution is -0.927. The van der Waals surface area contributed by atoms with Gasteiger partial charge in [-0.1, -0.05) is 72.1 Å². The summed E-state index contributed by atoms with van der Waals surface area (Å²) >= 11 is 2.69. The number of quaternary nitrogens is 1. The molecule has 136 valence electrons. The Labute approximate surface area is 160 Å². The van der Waals surface area contributed by atoms with E-state index in [2.05, 4.69) is 49.3 Å². The second kappa shape index (κ2) is 15.8. The van der Waals surface area contributed by atoms with Crippen LogP contribution in [-0.4, -0.2) is 28.2 Å². The van der Waals surface area contributed by atoms with Crippen molar-refractivity contribution in [1.82, 2.24) is 0 Å². The van der Waals surface area contributed by atoms with Crippen molar-refractivity contribution in [2.45, 2.75) is 102 Å². The highest BCUT2D eigenvalue weighted by atomic mass is 127. The summed E-state index contributed by atoms with van der Waals surface area (Å²) in [7, 11) is 0. The van der Waals surface area contributed by atoms with Crippen molar-refractivity contribution >= 4 is 22.6 Å². The lowest BCUT2D eigenvalue weighted by Gasteiger charge is -2.41. The minimum atomic E-state index is 0.688. The molecule has 0 aromatic rings. The zero-order valence-electron chi connectivity index (χ0n) is 16.1. The number of alkyl halides is 1. The molecule has 0 aliphatic rings. The molecule has 0 amide bonds. The molecule has 0 bridgehead atoms. The van der Waals surface area contributed by atoms with Crippen LogP contribution in [0.3, 0.4) is 0 Å². The maximum Gasteiger partial charge on any atom is 0.141 e. The molecule has 0 fully saturated rings. The first-order valence-corrected chi connectivity index (χ1v) is 11.3. The van der Waals surface area contributed by atoms with E-state index in [0.29, 0.717) is 4.05 Å². The van der Waals surface area contributed by atoms with Gasteiger partial charge in [0, 0.05) is 6.42 Å². The molecule has 0 heterocycles. The Balaban J connectivity index is 3.99. The highest BCUT2D eigenvalue weighted by molar-refractivity contribution is 14.1. The summed E-state index contributed by atoms with van der Waals surface area (Å²) in [6.07, 6.45) is 22.2. The van der Waals surface area contributed by atoms with E-state index < -0.39 is 0 Å². The fourth-order valence-corrected chi connectivity index (χ4v) is 4.81. The molecule has 0 saturated heterocycles. The van der Waals surface area contributed by atoms with Gasteiger partial charge >= 0.3 is 0 Å². The number of unbranched alkanes of at least 4 members (excludes halogenated alkanes) is 8. The van der Waals surface area contributed by atoms with Gasteiger partial charge in [0.05, 0.1) is 13.1 Å². The zero-order chi connectivity index (χ0) is 17.4. The molecule has 23 heavy (non-hydrogen) atoms. The molecule has 0 saturated carbocycles. The van der Waals surface area contributed by atoms with Gasteiger partial charge in [0.25, 0.3) is 0 Å². The summed E-state index contributed by atoms with van der Waals surface area (Å²) in [4.78, 5) is 0. The second-order valence-corrected chi connectivity index (χ2v) is 8.52. The van der Waals surface area contributed by atoms with E-state index in [0.717, 1.165) is 11.0 Å². The summed E-state index contributed by atoms with van der Waals surface area (Å²) in [6, 6.07) is 0. The van der Waals surface area contributed by atoms with E-state index in [1.165, 1.54) is 90.1 Å². The van der Waals surface area contributed by atoms with Crippen LogP contribution in [0.15, 0.2) is 0 Å². The van der Waals surface area contributed by atoms with Gasteiger partial charge in [0.1, 0.15) is 10.6 Å². The summed E-state index contributed by atoms with van der Waals surface area (Å²) < 4.78 is 1.83. The predicted molar refractivity (Wildman–Crippen MR) is 114 cm³/mol. The first kappa shape index (κ1) is 23.2. The van der Waals surface area contributed by atoms with Gasteiger partial charge in [-0.05, 0) is 47.8 Å². The molecule has 1 nitrogen and oxygen atoms in total. The van der Waals surface area contributed by atoms with Crippen LogP contribution in [-0.2, 0) is 0 Å². The largest absolute Gasteiger partial charge is 0.303 e. The van der Waals surface area contributed by atoms with Crippen LogP contribution in [0.5, 0.6) is 0 Å². The van der Waals surface area contributed by atoms with Crippen molar-refractivity contribution in [3.8, 4) is 12.3 Å². The quantitative estimate of drug-likeness (QED) is 0.0617. The SMILES string of the molecule is C#CC[N+](CCC)(CCC)C(I)CCCCCCCCCCC.